The Balaban J connectivity index is 2.08. The van der Waals surface area contributed by atoms with Crippen LogP contribution < -0.4 is 15.4 Å². The number of carbonyl (C=O) groups excluding carboxylic acids is 1. The lowest BCUT2D eigenvalue weighted by molar-refractivity contribution is 0.0972. The molecule has 0 unspecified atom stereocenters. The van der Waals surface area contributed by atoms with Crippen LogP contribution >= 0.6 is 28.1 Å². The quantitative estimate of drug-likeness (QED) is 0.125. The molecule has 0 aliphatic carbocycles. The highest BCUT2D eigenvalue weighted by molar-refractivity contribution is 9.10. The van der Waals surface area contributed by atoms with Gasteiger partial charge in [0.1, 0.15) is 5.75 Å². The van der Waals surface area contributed by atoms with E-state index in [0.29, 0.717) is 23.0 Å². The first-order chi connectivity index (χ1) is 16.6. The second kappa shape index (κ2) is 21.2. The normalized spacial score (nSPS) is 10.8. The third kappa shape index (κ3) is 15.7. The van der Waals surface area contributed by atoms with E-state index in [9.17, 15) is 4.79 Å². The van der Waals surface area contributed by atoms with Crippen molar-refractivity contribution < 1.29 is 9.53 Å². The Morgan fingerprint density at radius 1 is 0.824 bits per heavy atom. The molecule has 6 heteroatoms. The van der Waals surface area contributed by atoms with Gasteiger partial charge in [-0.1, -0.05) is 120 Å². The Morgan fingerprint density at radius 2 is 1.35 bits per heavy atom. The maximum absolute atomic E-state index is 12.7. The molecule has 0 heterocycles. The summed E-state index contributed by atoms with van der Waals surface area (Å²) in [5.74, 6) is 0.343. The van der Waals surface area contributed by atoms with Gasteiger partial charge >= 0.3 is 0 Å². The summed E-state index contributed by atoms with van der Waals surface area (Å²) in [6, 6.07) is 5.47. The van der Waals surface area contributed by atoms with Crippen LogP contribution in [0.3, 0.4) is 0 Å². The zero-order valence-electron chi connectivity index (χ0n) is 21.6. The Morgan fingerprint density at radius 3 is 1.91 bits per heavy atom. The molecule has 0 bridgehead atoms. The summed E-state index contributed by atoms with van der Waals surface area (Å²) < 4.78 is 6.62. The van der Waals surface area contributed by atoms with Gasteiger partial charge in [-0.05, 0) is 43.3 Å². The SMILES string of the molecule is CCCCCCCCCCCCCCCCNC(=S)NC(=O)c1cc(Br)ccc1OCCCC. The largest absolute Gasteiger partial charge is 0.493 e. The molecule has 0 saturated carbocycles. The zero-order chi connectivity index (χ0) is 24.9. The van der Waals surface area contributed by atoms with Crippen molar-refractivity contribution in [3.63, 3.8) is 0 Å². The van der Waals surface area contributed by atoms with E-state index in [1.807, 2.05) is 12.1 Å². The zero-order valence-corrected chi connectivity index (χ0v) is 24.0. The highest BCUT2D eigenvalue weighted by atomic mass is 79.9. The van der Waals surface area contributed by atoms with Gasteiger partial charge in [-0.2, -0.15) is 0 Å². The van der Waals surface area contributed by atoms with Crippen molar-refractivity contribution in [2.75, 3.05) is 13.2 Å². The van der Waals surface area contributed by atoms with Crippen molar-refractivity contribution in [1.82, 2.24) is 10.6 Å². The minimum absolute atomic E-state index is 0.244. The van der Waals surface area contributed by atoms with Gasteiger partial charge in [0.2, 0.25) is 0 Å². The van der Waals surface area contributed by atoms with Crippen molar-refractivity contribution in [1.29, 1.82) is 0 Å². The van der Waals surface area contributed by atoms with Gasteiger partial charge in [0.05, 0.1) is 12.2 Å². The average molecular weight is 556 g/mol. The molecule has 4 nitrogen and oxygen atoms in total. The summed E-state index contributed by atoms with van der Waals surface area (Å²) in [4.78, 5) is 12.7. The minimum Gasteiger partial charge on any atom is -0.493 e. The molecule has 1 amide bonds. The lowest BCUT2D eigenvalue weighted by Gasteiger charge is -2.13. The molecule has 1 aromatic carbocycles. The first kappa shape index (κ1) is 30.9. The first-order valence-electron chi connectivity index (χ1n) is 13.6. The molecule has 0 aliphatic rings. The summed E-state index contributed by atoms with van der Waals surface area (Å²) in [6.07, 6.45) is 20.8. The number of ether oxygens (including phenoxy) is 1. The molecule has 34 heavy (non-hydrogen) atoms. The van der Waals surface area contributed by atoms with Crippen molar-refractivity contribution in [2.24, 2.45) is 0 Å². The number of amides is 1. The van der Waals surface area contributed by atoms with E-state index in [0.717, 1.165) is 30.3 Å². The third-order valence-electron chi connectivity index (χ3n) is 5.98. The summed E-state index contributed by atoms with van der Waals surface area (Å²) >= 11 is 8.75. The van der Waals surface area contributed by atoms with Crippen LogP contribution in [0.25, 0.3) is 0 Å². The molecule has 0 fully saturated rings. The molecule has 0 saturated heterocycles. The molecule has 0 aromatic heterocycles. The molecular weight excluding hydrogens is 508 g/mol. The molecule has 0 aliphatic heterocycles. The lowest BCUT2D eigenvalue weighted by atomic mass is 10.0. The molecule has 1 aromatic rings. The van der Waals surface area contributed by atoms with Crippen LogP contribution in [0.1, 0.15) is 127 Å². The van der Waals surface area contributed by atoms with Crippen molar-refractivity contribution >= 4 is 39.2 Å². The Bertz CT molecular complexity index is 684. The molecule has 194 valence electrons. The Labute approximate surface area is 222 Å². The fourth-order valence-corrected chi connectivity index (χ4v) is 4.42. The van der Waals surface area contributed by atoms with Crippen LogP contribution in [0, 0.1) is 0 Å². The Hall–Kier alpha value is -1.14. The van der Waals surface area contributed by atoms with Crippen molar-refractivity contribution in [3.05, 3.63) is 28.2 Å². The number of rotatable bonds is 20. The predicted molar refractivity (Wildman–Crippen MR) is 153 cm³/mol. The summed E-state index contributed by atoms with van der Waals surface area (Å²) in [7, 11) is 0. The van der Waals surface area contributed by atoms with Gasteiger partial charge in [0.25, 0.3) is 5.91 Å². The summed E-state index contributed by atoms with van der Waals surface area (Å²) in [5, 5.41) is 6.32. The number of thiocarbonyl (C=S) groups is 1. The summed E-state index contributed by atoms with van der Waals surface area (Å²) in [5.41, 5.74) is 0.492. The fraction of sp³-hybridized carbons (Fsp3) is 0.714. The minimum atomic E-state index is -0.244. The van der Waals surface area contributed by atoms with Gasteiger partial charge in [-0.15, -0.1) is 0 Å². The lowest BCUT2D eigenvalue weighted by Crippen LogP contribution is -2.39. The van der Waals surface area contributed by atoms with Gasteiger partial charge in [-0.25, -0.2) is 0 Å². The van der Waals surface area contributed by atoms with E-state index in [2.05, 4.69) is 40.4 Å². The van der Waals surface area contributed by atoms with Gasteiger partial charge in [0, 0.05) is 11.0 Å². The summed E-state index contributed by atoms with van der Waals surface area (Å²) in [6.45, 7) is 5.77. The highest BCUT2D eigenvalue weighted by Crippen LogP contribution is 2.23. The van der Waals surface area contributed by atoms with E-state index in [4.69, 9.17) is 17.0 Å². The molecule has 0 spiro atoms. The van der Waals surface area contributed by atoms with Crippen LogP contribution in [-0.2, 0) is 0 Å². The van der Waals surface area contributed by atoms with Crippen LogP contribution in [0.5, 0.6) is 5.75 Å². The van der Waals surface area contributed by atoms with Gasteiger partial charge in [0.15, 0.2) is 5.11 Å². The van der Waals surface area contributed by atoms with Gasteiger partial charge in [-0.3, -0.25) is 10.1 Å². The Kier molecular flexibility index (Phi) is 19.2. The first-order valence-corrected chi connectivity index (χ1v) is 14.8. The van der Waals surface area contributed by atoms with Gasteiger partial charge < -0.3 is 10.1 Å². The molecular formula is C28H47BrN2O2S. The number of carbonyl (C=O) groups is 1. The molecule has 2 N–H and O–H groups in total. The molecule has 1 rings (SSSR count). The number of nitrogens with one attached hydrogen (secondary N) is 2. The third-order valence-corrected chi connectivity index (χ3v) is 6.72. The monoisotopic (exact) mass is 554 g/mol. The molecule has 0 atom stereocenters. The number of hydrogen-bond acceptors (Lipinski definition) is 3. The van der Waals surface area contributed by atoms with Crippen LogP contribution in [0.15, 0.2) is 22.7 Å². The van der Waals surface area contributed by atoms with E-state index in [1.165, 1.54) is 83.5 Å². The second-order valence-corrected chi connectivity index (χ2v) is 10.5. The standard InChI is InChI=1S/C28H47BrN2O2S/c1-3-5-7-8-9-10-11-12-13-14-15-16-17-18-21-30-28(34)31-27(32)25-23-24(29)19-20-26(25)33-22-6-4-2/h19-20,23H,3-18,21-22H2,1-2H3,(H2,30,31,32,34). The van der Waals surface area contributed by atoms with Crippen LogP contribution in [0.4, 0.5) is 0 Å². The maximum Gasteiger partial charge on any atom is 0.261 e. The smallest absolute Gasteiger partial charge is 0.261 e. The topological polar surface area (TPSA) is 50.4 Å². The highest BCUT2D eigenvalue weighted by Gasteiger charge is 2.14. The van der Waals surface area contributed by atoms with E-state index >= 15 is 0 Å². The van der Waals surface area contributed by atoms with Crippen LogP contribution in [-0.4, -0.2) is 24.2 Å². The number of benzene rings is 1. The number of unbranched alkanes of at least 4 members (excludes halogenated alkanes) is 14. The van der Waals surface area contributed by atoms with Crippen molar-refractivity contribution in [3.8, 4) is 5.75 Å². The maximum atomic E-state index is 12.7. The predicted octanol–water partition coefficient (Wildman–Crippen LogP) is 8.71. The fourth-order valence-electron chi connectivity index (χ4n) is 3.87. The van der Waals surface area contributed by atoms with E-state index in [-0.39, 0.29) is 5.91 Å². The van der Waals surface area contributed by atoms with Crippen molar-refractivity contribution in [2.45, 2.75) is 117 Å². The number of hydrogen-bond donors (Lipinski definition) is 2. The van der Waals surface area contributed by atoms with Crippen LogP contribution in [0.2, 0.25) is 0 Å². The van der Waals surface area contributed by atoms with E-state index < -0.39 is 0 Å². The second-order valence-electron chi connectivity index (χ2n) is 9.15. The number of halogens is 1. The molecule has 0 radical (unpaired) electrons. The van der Waals surface area contributed by atoms with E-state index in [1.54, 1.807) is 6.07 Å². The average Bonchev–Trinajstić information content (AvgIpc) is 2.82.